The topological polar surface area (TPSA) is 0 Å². The van der Waals surface area contributed by atoms with E-state index in [-0.39, 0.29) is 5.75 Å². The van der Waals surface area contributed by atoms with Crippen LogP contribution in [-0.4, -0.2) is 11.7 Å². The Labute approximate surface area is 60.1 Å². The fourth-order valence-corrected chi connectivity index (χ4v) is 0.416. The molecule has 0 rings (SSSR count). The molecule has 0 unspecified atom stereocenters. The van der Waals surface area contributed by atoms with Crippen molar-refractivity contribution in [2.75, 3.05) is 5.75 Å². The van der Waals surface area contributed by atoms with Crippen LogP contribution in [0.25, 0.3) is 0 Å². The molecule has 0 aliphatic heterocycles. The molecule has 56 valence electrons. The van der Waals surface area contributed by atoms with Crippen molar-refractivity contribution in [3.05, 3.63) is 0 Å². The molecule has 0 saturated heterocycles. The zero-order valence-corrected chi connectivity index (χ0v) is 6.80. The maximum absolute atomic E-state index is 12.5. The summed E-state index contributed by atoms with van der Waals surface area (Å²) in [6, 6.07) is 0. The average Bonchev–Trinajstić information content (AvgIpc) is 1.64. The summed E-state index contributed by atoms with van der Waals surface area (Å²) >= 11 is 3.81. The van der Waals surface area contributed by atoms with E-state index >= 15 is 0 Å². The maximum atomic E-state index is 12.5. The van der Waals surface area contributed by atoms with E-state index in [9.17, 15) is 8.78 Å². The summed E-state index contributed by atoms with van der Waals surface area (Å²) in [5.41, 5.74) is -0.990. The predicted molar refractivity (Wildman–Crippen MR) is 38.3 cm³/mol. The van der Waals surface area contributed by atoms with Gasteiger partial charge in [-0.1, -0.05) is 13.8 Å². The van der Waals surface area contributed by atoms with E-state index in [0.717, 1.165) is 6.92 Å². The molecule has 0 heterocycles. The van der Waals surface area contributed by atoms with Gasteiger partial charge in [0.15, 0.2) is 0 Å². The van der Waals surface area contributed by atoms with E-state index in [4.69, 9.17) is 0 Å². The highest BCUT2D eigenvalue weighted by molar-refractivity contribution is 7.80. The van der Waals surface area contributed by atoms with Crippen LogP contribution in [0.2, 0.25) is 0 Å². The van der Waals surface area contributed by atoms with Gasteiger partial charge < -0.3 is 0 Å². The van der Waals surface area contributed by atoms with Crippen LogP contribution in [0.4, 0.5) is 8.78 Å². The van der Waals surface area contributed by atoms with E-state index in [1.165, 1.54) is 13.8 Å². The molecule has 0 radical (unpaired) electrons. The molecule has 0 aliphatic carbocycles. The average molecular weight is 154 g/mol. The van der Waals surface area contributed by atoms with E-state index in [2.05, 4.69) is 12.6 Å². The molecule has 3 heteroatoms. The van der Waals surface area contributed by atoms with Gasteiger partial charge in [-0.25, -0.2) is 8.78 Å². The molecule has 0 bridgehead atoms. The number of rotatable bonds is 2. The summed E-state index contributed by atoms with van der Waals surface area (Å²) in [6.45, 7) is 3.92. The Bertz CT molecular complexity index is 93.7. The smallest absolute Gasteiger partial charge is 0.207 e. The number of hydrogen-bond acceptors (Lipinski definition) is 1. The van der Waals surface area contributed by atoms with Crippen molar-refractivity contribution in [2.45, 2.75) is 26.7 Å². The lowest BCUT2D eigenvalue weighted by atomic mass is 9.89. The highest BCUT2D eigenvalue weighted by Crippen LogP contribution is 2.36. The van der Waals surface area contributed by atoms with Gasteiger partial charge in [-0.05, 0) is 6.92 Å². The van der Waals surface area contributed by atoms with Crippen LogP contribution in [0.3, 0.4) is 0 Å². The quantitative estimate of drug-likeness (QED) is 0.581. The number of alkyl halides is 2. The number of thiol groups is 1. The van der Waals surface area contributed by atoms with Crippen LogP contribution in [0, 0.1) is 5.41 Å². The lowest BCUT2D eigenvalue weighted by Gasteiger charge is -2.29. The molecule has 0 aromatic heterocycles. The highest BCUT2D eigenvalue weighted by atomic mass is 32.1. The molecular formula is C6H12F2S. The van der Waals surface area contributed by atoms with Gasteiger partial charge in [0.2, 0.25) is 0 Å². The Kier molecular flexibility index (Phi) is 2.50. The number of hydrogen-bond donors (Lipinski definition) is 1. The van der Waals surface area contributed by atoms with Crippen LogP contribution in [0.15, 0.2) is 0 Å². The van der Waals surface area contributed by atoms with E-state index < -0.39 is 11.3 Å². The molecule has 0 aliphatic rings. The van der Waals surface area contributed by atoms with Crippen molar-refractivity contribution < 1.29 is 8.78 Å². The van der Waals surface area contributed by atoms with Crippen molar-refractivity contribution >= 4 is 12.6 Å². The van der Waals surface area contributed by atoms with Crippen molar-refractivity contribution in [3.63, 3.8) is 0 Å². The zero-order chi connectivity index (χ0) is 7.71. The van der Waals surface area contributed by atoms with Gasteiger partial charge in [0.1, 0.15) is 0 Å². The summed E-state index contributed by atoms with van der Waals surface area (Å²) in [6.07, 6.45) is 0. The van der Waals surface area contributed by atoms with Crippen LogP contribution < -0.4 is 0 Å². The molecule has 0 fully saturated rings. The number of halogens is 2. The summed E-state index contributed by atoms with van der Waals surface area (Å²) in [5, 5.41) is 0. The fourth-order valence-electron chi connectivity index (χ4n) is 0.139. The van der Waals surface area contributed by atoms with Gasteiger partial charge in [-0.3, -0.25) is 0 Å². The first kappa shape index (κ1) is 9.21. The first-order valence-electron chi connectivity index (χ1n) is 2.80. The summed E-state index contributed by atoms with van der Waals surface area (Å²) < 4.78 is 24.9. The molecule has 0 aromatic rings. The Balaban J connectivity index is 4.14. The summed E-state index contributed by atoms with van der Waals surface area (Å²) in [4.78, 5) is 0. The van der Waals surface area contributed by atoms with Crippen LogP contribution in [0.1, 0.15) is 20.8 Å². The maximum Gasteiger partial charge on any atom is 0.251 e. The van der Waals surface area contributed by atoms with E-state index in [1.54, 1.807) is 0 Å². The lowest BCUT2D eigenvalue weighted by molar-refractivity contribution is -0.0757. The zero-order valence-electron chi connectivity index (χ0n) is 5.91. The molecule has 0 spiro atoms. The molecule has 0 nitrogen and oxygen atoms in total. The molecule has 0 saturated carbocycles. The third kappa shape index (κ3) is 2.12. The largest absolute Gasteiger partial charge is 0.251 e. The van der Waals surface area contributed by atoms with E-state index in [1.807, 2.05) is 0 Å². The van der Waals surface area contributed by atoms with Crippen molar-refractivity contribution in [1.82, 2.24) is 0 Å². The lowest BCUT2D eigenvalue weighted by Crippen LogP contribution is -2.34. The van der Waals surface area contributed by atoms with Gasteiger partial charge >= 0.3 is 0 Å². The summed E-state index contributed by atoms with van der Waals surface area (Å²) in [5.74, 6) is -2.43. The Morgan fingerprint density at radius 1 is 1.22 bits per heavy atom. The predicted octanol–water partition coefficient (Wildman–Crippen LogP) is 2.60. The van der Waals surface area contributed by atoms with E-state index in [0.29, 0.717) is 0 Å². The van der Waals surface area contributed by atoms with Gasteiger partial charge in [0, 0.05) is 11.2 Å². The fraction of sp³-hybridized carbons (Fsp3) is 1.00. The molecule has 0 amide bonds. The second-order valence-electron chi connectivity index (χ2n) is 2.93. The Morgan fingerprint density at radius 2 is 1.56 bits per heavy atom. The molecule has 0 aromatic carbocycles. The highest BCUT2D eigenvalue weighted by Gasteiger charge is 2.40. The van der Waals surface area contributed by atoms with Gasteiger partial charge in [0.05, 0.1) is 0 Å². The van der Waals surface area contributed by atoms with Gasteiger partial charge in [-0.2, -0.15) is 12.6 Å². The molecule has 9 heavy (non-hydrogen) atoms. The van der Waals surface area contributed by atoms with Gasteiger partial charge in [-0.15, -0.1) is 0 Å². The van der Waals surface area contributed by atoms with Crippen molar-refractivity contribution in [3.8, 4) is 0 Å². The third-order valence-corrected chi connectivity index (χ3v) is 2.37. The summed E-state index contributed by atoms with van der Waals surface area (Å²) in [7, 11) is 0. The second-order valence-corrected chi connectivity index (χ2v) is 3.25. The first-order valence-corrected chi connectivity index (χ1v) is 3.43. The van der Waals surface area contributed by atoms with Crippen LogP contribution in [-0.2, 0) is 0 Å². The second kappa shape index (κ2) is 2.45. The minimum atomic E-state index is -2.63. The van der Waals surface area contributed by atoms with Crippen molar-refractivity contribution in [2.24, 2.45) is 5.41 Å². The van der Waals surface area contributed by atoms with Crippen molar-refractivity contribution in [1.29, 1.82) is 0 Å². The first-order chi connectivity index (χ1) is 3.81. The Hall–Kier alpha value is 0.210. The third-order valence-electron chi connectivity index (χ3n) is 1.58. The Morgan fingerprint density at radius 3 is 1.56 bits per heavy atom. The molecular weight excluding hydrogens is 142 g/mol. The molecule has 0 N–H and O–H groups in total. The SMILES string of the molecule is CC(F)(F)C(C)(C)CS. The van der Waals surface area contributed by atoms with Gasteiger partial charge in [0.25, 0.3) is 5.92 Å². The standard InChI is InChI=1S/C6H12F2S/c1-5(2,4-9)6(3,7)8/h9H,4H2,1-3H3. The van der Waals surface area contributed by atoms with Crippen LogP contribution in [0.5, 0.6) is 0 Å². The minimum absolute atomic E-state index is 0.205. The minimum Gasteiger partial charge on any atom is -0.207 e. The normalized spacial score (nSPS) is 14.0. The molecule has 0 atom stereocenters. The monoisotopic (exact) mass is 154 g/mol. The van der Waals surface area contributed by atoms with Crippen LogP contribution >= 0.6 is 12.6 Å².